The van der Waals surface area contributed by atoms with Crippen LogP contribution in [0.5, 0.6) is 0 Å². The van der Waals surface area contributed by atoms with Crippen LogP contribution in [0.4, 0.5) is 24.7 Å². The van der Waals surface area contributed by atoms with Crippen molar-refractivity contribution in [1.29, 1.82) is 0 Å². The maximum atomic E-state index is 13.2. The van der Waals surface area contributed by atoms with E-state index in [4.69, 9.17) is 0 Å². The minimum absolute atomic E-state index is 0.00279. The number of alkyl halides is 3. The van der Waals surface area contributed by atoms with Gasteiger partial charge < -0.3 is 9.80 Å². The summed E-state index contributed by atoms with van der Waals surface area (Å²) in [7, 11) is -3.85. The number of rotatable bonds is 4. The van der Waals surface area contributed by atoms with E-state index >= 15 is 0 Å². The summed E-state index contributed by atoms with van der Waals surface area (Å²) in [6.07, 6.45) is -4.83. The fraction of sp³-hybridized carbons (Fsp3) is 0.292. The summed E-state index contributed by atoms with van der Waals surface area (Å²) in [5.74, 6) is -1.30. The lowest BCUT2D eigenvalue weighted by Gasteiger charge is -2.34. The van der Waals surface area contributed by atoms with E-state index in [-0.39, 0.29) is 36.6 Å². The zero-order valence-corrected chi connectivity index (χ0v) is 19.8. The smallest absolute Gasteiger partial charge is 0.352 e. The first-order valence-electron chi connectivity index (χ1n) is 11.3. The van der Waals surface area contributed by atoms with E-state index < -0.39 is 22.1 Å². The number of carbonyl (C=O) groups excluding carboxylic acids is 1. The van der Waals surface area contributed by atoms with E-state index in [0.29, 0.717) is 29.4 Å². The van der Waals surface area contributed by atoms with Crippen LogP contribution in [0.15, 0.2) is 65.6 Å². The van der Waals surface area contributed by atoms with Gasteiger partial charge in [0.25, 0.3) is 0 Å². The predicted molar refractivity (Wildman–Crippen MR) is 127 cm³/mol. The molecule has 1 saturated heterocycles. The Labute approximate surface area is 206 Å². The van der Waals surface area contributed by atoms with E-state index in [1.54, 1.807) is 0 Å². The first-order valence-corrected chi connectivity index (χ1v) is 12.7. The van der Waals surface area contributed by atoms with Gasteiger partial charge in [0.2, 0.25) is 10.0 Å². The van der Waals surface area contributed by atoms with E-state index in [0.717, 1.165) is 11.3 Å². The summed E-state index contributed by atoms with van der Waals surface area (Å²) in [6, 6.07) is 17.3. The maximum Gasteiger partial charge on any atom is 0.471 e. The number of fused-ring (bicyclic) bond motifs is 1. The highest BCUT2D eigenvalue weighted by molar-refractivity contribution is 7.89. The molecule has 1 amide bonds. The lowest BCUT2D eigenvalue weighted by Crippen LogP contribution is -2.49. The van der Waals surface area contributed by atoms with Gasteiger partial charge in [0.1, 0.15) is 0 Å². The first-order chi connectivity index (χ1) is 17.1. The molecule has 0 saturated carbocycles. The molecule has 0 atom stereocenters. The summed E-state index contributed by atoms with van der Waals surface area (Å²) >= 11 is 0. The molecule has 3 aromatic rings. The van der Waals surface area contributed by atoms with Crippen LogP contribution in [0.2, 0.25) is 0 Å². The van der Waals surface area contributed by atoms with Crippen LogP contribution in [-0.2, 0) is 21.2 Å². The second-order valence-corrected chi connectivity index (χ2v) is 10.5. The van der Waals surface area contributed by atoms with Gasteiger partial charge in [-0.15, -0.1) is 10.2 Å². The predicted octanol–water partition coefficient (Wildman–Crippen LogP) is 3.11. The fourth-order valence-corrected chi connectivity index (χ4v) is 5.94. The number of nitrogens with zero attached hydrogens (tertiary/aromatic N) is 5. The number of aromatic nitrogens is 2. The Morgan fingerprint density at radius 3 is 2.22 bits per heavy atom. The molecular formula is C24H22F3N5O3S. The zero-order chi connectivity index (χ0) is 25.5. The average molecular weight is 518 g/mol. The Balaban J connectivity index is 1.26. The van der Waals surface area contributed by atoms with Crippen molar-refractivity contribution in [3.63, 3.8) is 0 Å². The van der Waals surface area contributed by atoms with E-state index in [1.807, 2.05) is 47.4 Å². The normalized spacial score (nSPS) is 16.8. The van der Waals surface area contributed by atoms with Gasteiger partial charge in [0.15, 0.2) is 5.82 Å². The Hall–Kier alpha value is -3.51. The molecule has 3 heterocycles. The summed E-state index contributed by atoms with van der Waals surface area (Å²) < 4.78 is 66.4. The molecule has 2 aliphatic heterocycles. The van der Waals surface area contributed by atoms with Gasteiger partial charge in [-0.05, 0) is 42.3 Å². The monoisotopic (exact) mass is 517 g/mol. The molecule has 8 nitrogen and oxygen atoms in total. The number of hydrogen-bond donors (Lipinski definition) is 0. The molecule has 0 aliphatic carbocycles. The van der Waals surface area contributed by atoms with Crippen LogP contribution in [0.3, 0.4) is 0 Å². The van der Waals surface area contributed by atoms with Crippen molar-refractivity contribution < 1.29 is 26.4 Å². The minimum atomic E-state index is -4.99. The van der Waals surface area contributed by atoms with Gasteiger partial charge in [0, 0.05) is 44.0 Å². The van der Waals surface area contributed by atoms with Crippen LogP contribution in [0, 0.1) is 0 Å². The van der Waals surface area contributed by atoms with Gasteiger partial charge in [-0.25, -0.2) is 8.42 Å². The van der Waals surface area contributed by atoms with Crippen LogP contribution in [0.1, 0.15) is 5.56 Å². The van der Waals surface area contributed by atoms with E-state index in [9.17, 15) is 26.4 Å². The molecule has 188 valence electrons. The van der Waals surface area contributed by atoms with Gasteiger partial charge in [-0.1, -0.05) is 30.3 Å². The van der Waals surface area contributed by atoms with E-state index in [2.05, 4.69) is 10.2 Å². The fourth-order valence-electron chi connectivity index (χ4n) is 4.47. The maximum absolute atomic E-state index is 13.2. The second-order valence-electron chi connectivity index (χ2n) is 8.53. The number of benzene rings is 2. The Morgan fingerprint density at radius 1 is 0.861 bits per heavy atom. The molecule has 36 heavy (non-hydrogen) atoms. The first kappa shape index (κ1) is 24.2. The van der Waals surface area contributed by atoms with Gasteiger partial charge in [-0.3, -0.25) is 4.79 Å². The zero-order valence-electron chi connectivity index (χ0n) is 19.0. The Bertz CT molecular complexity index is 1370. The van der Waals surface area contributed by atoms with Crippen molar-refractivity contribution in [3.05, 3.63) is 66.2 Å². The van der Waals surface area contributed by atoms with Crippen molar-refractivity contribution in [2.24, 2.45) is 0 Å². The molecule has 0 spiro atoms. The van der Waals surface area contributed by atoms with Gasteiger partial charge in [0.05, 0.1) is 10.6 Å². The van der Waals surface area contributed by atoms with Crippen LogP contribution < -0.4 is 9.80 Å². The second kappa shape index (κ2) is 9.17. The summed E-state index contributed by atoms with van der Waals surface area (Å²) in [4.78, 5) is 14.3. The van der Waals surface area contributed by atoms with Crippen LogP contribution in [0.25, 0.3) is 11.3 Å². The largest absolute Gasteiger partial charge is 0.471 e. The third-order valence-electron chi connectivity index (χ3n) is 6.35. The summed E-state index contributed by atoms with van der Waals surface area (Å²) in [5, 5.41) is 8.58. The topological polar surface area (TPSA) is 86.7 Å². The van der Waals surface area contributed by atoms with Gasteiger partial charge in [-0.2, -0.15) is 17.5 Å². The Kier molecular flexibility index (Phi) is 6.17. The Morgan fingerprint density at radius 2 is 1.58 bits per heavy atom. The SMILES string of the molecule is O=C(N1CCc2cc(S(=O)(=O)N3CCN(c4ccc(-c5ccccc5)nn4)CC3)ccc21)C(F)(F)F. The molecule has 0 unspecified atom stereocenters. The third kappa shape index (κ3) is 4.53. The lowest BCUT2D eigenvalue weighted by atomic mass is 10.1. The highest BCUT2D eigenvalue weighted by Crippen LogP contribution is 2.34. The highest BCUT2D eigenvalue weighted by Gasteiger charge is 2.45. The van der Waals surface area contributed by atoms with Crippen molar-refractivity contribution in [2.45, 2.75) is 17.5 Å². The number of piperazine rings is 1. The molecule has 12 heteroatoms. The van der Waals surface area contributed by atoms with Crippen LogP contribution >= 0.6 is 0 Å². The minimum Gasteiger partial charge on any atom is -0.352 e. The third-order valence-corrected chi connectivity index (χ3v) is 8.25. The quantitative estimate of drug-likeness (QED) is 0.529. The van der Waals surface area contributed by atoms with Crippen molar-refractivity contribution in [3.8, 4) is 11.3 Å². The van der Waals surface area contributed by atoms with Crippen molar-refractivity contribution >= 4 is 27.4 Å². The van der Waals surface area contributed by atoms with Crippen LogP contribution in [-0.4, -0.2) is 67.7 Å². The van der Waals surface area contributed by atoms with Crippen molar-refractivity contribution in [2.75, 3.05) is 42.5 Å². The van der Waals surface area contributed by atoms with Gasteiger partial charge >= 0.3 is 12.1 Å². The molecular weight excluding hydrogens is 495 g/mol. The highest BCUT2D eigenvalue weighted by atomic mass is 32.2. The number of hydrogen-bond acceptors (Lipinski definition) is 6. The molecule has 0 N–H and O–H groups in total. The lowest BCUT2D eigenvalue weighted by molar-refractivity contribution is -0.170. The number of sulfonamides is 1. The molecule has 2 aliphatic rings. The molecule has 1 fully saturated rings. The molecule has 1 aromatic heterocycles. The average Bonchev–Trinajstić information content (AvgIpc) is 3.31. The number of carbonyl (C=O) groups is 1. The summed E-state index contributed by atoms with van der Waals surface area (Å²) in [5.41, 5.74) is 2.19. The molecule has 0 bridgehead atoms. The number of anilines is 2. The van der Waals surface area contributed by atoms with Crippen molar-refractivity contribution in [1.82, 2.24) is 14.5 Å². The standard InChI is InChI=1S/C24H22F3N5O3S/c25-24(26,27)23(33)32-11-10-18-16-19(6-8-21(18)32)36(34,35)31-14-12-30(13-15-31)22-9-7-20(28-29-22)17-4-2-1-3-5-17/h1-9,16H,10-15H2. The summed E-state index contributed by atoms with van der Waals surface area (Å²) in [6.45, 7) is 1.13. The molecule has 2 aromatic carbocycles. The van der Waals surface area contributed by atoms with E-state index in [1.165, 1.54) is 22.5 Å². The number of amides is 1. The molecule has 5 rings (SSSR count). The number of halogens is 3. The molecule has 0 radical (unpaired) electrons.